The molecular formula is C23H29N2O2+. The number of carbonyl (C=O) groups excluding carboxylic acids is 1. The van der Waals surface area contributed by atoms with Gasteiger partial charge in [0.25, 0.3) is 0 Å². The van der Waals surface area contributed by atoms with Gasteiger partial charge in [0.15, 0.2) is 11.4 Å². The number of fused-ring (bicyclic) bond motifs is 3. The number of piperidine rings is 3. The molecule has 5 rings (SSSR count). The van der Waals surface area contributed by atoms with Crippen molar-refractivity contribution in [3.8, 4) is 0 Å². The zero-order chi connectivity index (χ0) is 18.9. The van der Waals surface area contributed by atoms with Crippen molar-refractivity contribution in [1.29, 1.82) is 0 Å². The molecule has 0 spiro atoms. The third-order valence-corrected chi connectivity index (χ3v) is 6.78. The number of quaternary nitrogens is 1. The highest BCUT2D eigenvalue weighted by atomic mass is 16.3. The fourth-order valence-electron chi connectivity index (χ4n) is 5.25. The average molecular weight is 365 g/mol. The SMILES string of the molecule is NCC[N+]12CCC(CC1)C(C(=O)C(O)(c1ccccc1)c1ccccc1)C2. The molecule has 3 N–H and O–H groups in total. The third kappa shape index (κ3) is 3.12. The molecule has 0 radical (unpaired) electrons. The van der Waals surface area contributed by atoms with Crippen LogP contribution in [0.4, 0.5) is 0 Å². The van der Waals surface area contributed by atoms with Crippen molar-refractivity contribution >= 4 is 5.78 Å². The van der Waals surface area contributed by atoms with Gasteiger partial charge in [0.2, 0.25) is 0 Å². The molecular weight excluding hydrogens is 336 g/mol. The van der Waals surface area contributed by atoms with E-state index in [1.807, 2.05) is 60.7 Å². The summed E-state index contributed by atoms with van der Waals surface area (Å²) in [4.78, 5) is 13.9. The Morgan fingerprint density at radius 3 is 2.00 bits per heavy atom. The van der Waals surface area contributed by atoms with E-state index in [-0.39, 0.29) is 11.7 Å². The van der Waals surface area contributed by atoms with E-state index in [2.05, 4.69) is 0 Å². The molecule has 4 nitrogen and oxygen atoms in total. The van der Waals surface area contributed by atoms with E-state index in [1.165, 1.54) is 0 Å². The number of rotatable bonds is 6. The minimum Gasteiger partial charge on any atom is -0.373 e. The first kappa shape index (κ1) is 18.4. The van der Waals surface area contributed by atoms with Gasteiger partial charge in [0, 0.05) is 19.4 Å². The maximum Gasteiger partial charge on any atom is 0.182 e. The Labute approximate surface area is 161 Å². The summed E-state index contributed by atoms with van der Waals surface area (Å²) in [6.45, 7) is 4.60. The lowest BCUT2D eigenvalue weighted by molar-refractivity contribution is -0.944. The lowest BCUT2D eigenvalue weighted by Gasteiger charge is -2.53. The molecule has 3 aliphatic rings. The third-order valence-electron chi connectivity index (χ3n) is 6.78. The van der Waals surface area contributed by atoms with Gasteiger partial charge in [-0.1, -0.05) is 60.7 Å². The van der Waals surface area contributed by atoms with E-state index >= 15 is 0 Å². The molecule has 27 heavy (non-hydrogen) atoms. The maximum atomic E-state index is 13.9. The Kier molecular flexibility index (Phi) is 4.89. The summed E-state index contributed by atoms with van der Waals surface area (Å²) in [7, 11) is 0. The molecule has 3 heterocycles. The predicted octanol–water partition coefficient (Wildman–Crippen LogP) is 2.31. The number of hydrogen-bond acceptors (Lipinski definition) is 3. The Morgan fingerprint density at radius 2 is 1.52 bits per heavy atom. The monoisotopic (exact) mass is 365 g/mol. The Morgan fingerprint density at radius 1 is 1.00 bits per heavy atom. The summed E-state index contributed by atoms with van der Waals surface area (Å²) in [5.41, 5.74) is 5.59. The molecule has 0 amide bonds. The Balaban J connectivity index is 1.74. The van der Waals surface area contributed by atoms with Crippen LogP contribution in [0.25, 0.3) is 0 Å². The largest absolute Gasteiger partial charge is 0.373 e. The molecule has 3 saturated heterocycles. The van der Waals surface area contributed by atoms with E-state index in [9.17, 15) is 9.90 Å². The number of hydrogen-bond donors (Lipinski definition) is 2. The highest BCUT2D eigenvalue weighted by Gasteiger charge is 2.53. The summed E-state index contributed by atoms with van der Waals surface area (Å²) in [6, 6.07) is 18.8. The van der Waals surface area contributed by atoms with Gasteiger partial charge >= 0.3 is 0 Å². The number of aliphatic hydroxyl groups is 1. The fourth-order valence-corrected chi connectivity index (χ4v) is 5.25. The standard InChI is InChI=1S/C23H29N2O2/c24-13-16-25-14-11-18(12-15-25)21(17-25)22(26)23(27,19-7-3-1-4-8-19)20-9-5-2-6-10-20/h1-10,18,21,27H,11-17,24H2/q+1. The first-order valence-corrected chi connectivity index (χ1v) is 10.0. The number of benzene rings is 2. The van der Waals surface area contributed by atoms with Gasteiger partial charge in [0.05, 0.1) is 32.1 Å². The molecule has 3 fully saturated rings. The molecule has 0 aromatic heterocycles. The van der Waals surface area contributed by atoms with Crippen LogP contribution in [0, 0.1) is 11.8 Å². The summed E-state index contributed by atoms with van der Waals surface area (Å²) in [6.07, 6.45) is 2.10. The minimum atomic E-state index is -1.60. The van der Waals surface area contributed by atoms with Crippen molar-refractivity contribution in [3.63, 3.8) is 0 Å². The second kappa shape index (κ2) is 7.19. The first-order chi connectivity index (χ1) is 13.1. The van der Waals surface area contributed by atoms with E-state index in [0.29, 0.717) is 23.6 Å². The van der Waals surface area contributed by atoms with Crippen molar-refractivity contribution in [2.75, 3.05) is 32.7 Å². The highest BCUT2D eigenvalue weighted by molar-refractivity contribution is 5.94. The van der Waals surface area contributed by atoms with Crippen LogP contribution < -0.4 is 5.73 Å². The number of nitrogens with two attached hydrogens (primary N) is 1. The van der Waals surface area contributed by atoms with Gasteiger partial charge < -0.3 is 15.3 Å². The zero-order valence-corrected chi connectivity index (χ0v) is 15.8. The minimum absolute atomic E-state index is 0.0520. The van der Waals surface area contributed by atoms with Gasteiger partial charge in [-0.25, -0.2) is 0 Å². The number of nitrogens with zero attached hydrogens (tertiary/aromatic N) is 1. The lowest BCUT2D eigenvalue weighted by atomic mass is 9.68. The average Bonchev–Trinajstić information content (AvgIpc) is 2.74. The Bertz CT molecular complexity index is 738. The second-order valence-electron chi connectivity index (χ2n) is 8.23. The van der Waals surface area contributed by atoms with E-state index in [0.717, 1.165) is 43.5 Å². The van der Waals surface area contributed by atoms with Gasteiger partial charge in [-0.15, -0.1) is 0 Å². The Hall–Kier alpha value is -2.01. The predicted molar refractivity (Wildman–Crippen MR) is 106 cm³/mol. The molecule has 4 heteroatoms. The summed E-state index contributed by atoms with van der Waals surface area (Å²) >= 11 is 0. The zero-order valence-electron chi connectivity index (χ0n) is 15.8. The molecule has 142 valence electrons. The molecule has 3 aliphatic heterocycles. The first-order valence-electron chi connectivity index (χ1n) is 10.0. The number of ketones is 1. The summed E-state index contributed by atoms with van der Waals surface area (Å²) in [5, 5.41) is 11.8. The normalized spacial score (nSPS) is 27.5. The molecule has 2 bridgehead atoms. The maximum absolute atomic E-state index is 13.9. The van der Waals surface area contributed by atoms with Gasteiger partial charge in [-0.3, -0.25) is 4.79 Å². The fraction of sp³-hybridized carbons (Fsp3) is 0.435. The van der Waals surface area contributed by atoms with Crippen LogP contribution in [0.15, 0.2) is 60.7 Å². The second-order valence-corrected chi connectivity index (χ2v) is 8.23. The van der Waals surface area contributed by atoms with Crippen LogP contribution in [0.2, 0.25) is 0 Å². The number of Topliss-reactive ketones (excluding diaryl/α,β-unsaturated/α-hetero) is 1. The molecule has 2 aromatic carbocycles. The topological polar surface area (TPSA) is 63.3 Å². The van der Waals surface area contributed by atoms with Crippen LogP contribution in [-0.2, 0) is 10.4 Å². The van der Waals surface area contributed by atoms with Crippen LogP contribution >= 0.6 is 0 Å². The van der Waals surface area contributed by atoms with Crippen LogP contribution in [0.5, 0.6) is 0 Å². The quantitative estimate of drug-likeness (QED) is 0.772. The van der Waals surface area contributed by atoms with Crippen molar-refractivity contribution < 1.29 is 14.4 Å². The molecule has 1 atom stereocenters. The summed E-state index contributed by atoms with van der Waals surface area (Å²) in [5.74, 6) is 0.197. The van der Waals surface area contributed by atoms with Crippen molar-refractivity contribution in [2.24, 2.45) is 17.6 Å². The highest BCUT2D eigenvalue weighted by Crippen LogP contribution is 2.43. The number of carbonyl (C=O) groups is 1. The smallest absolute Gasteiger partial charge is 0.182 e. The van der Waals surface area contributed by atoms with Crippen molar-refractivity contribution in [2.45, 2.75) is 18.4 Å². The molecule has 0 saturated carbocycles. The molecule has 0 aliphatic carbocycles. The van der Waals surface area contributed by atoms with Crippen LogP contribution in [-0.4, -0.2) is 48.1 Å². The lowest BCUT2D eigenvalue weighted by Crippen LogP contribution is -2.65. The molecule has 2 aromatic rings. The van der Waals surface area contributed by atoms with Crippen molar-refractivity contribution in [3.05, 3.63) is 71.8 Å². The summed E-state index contributed by atoms with van der Waals surface area (Å²) < 4.78 is 0.934. The van der Waals surface area contributed by atoms with E-state index in [1.54, 1.807) is 0 Å². The molecule has 1 unspecified atom stereocenters. The van der Waals surface area contributed by atoms with E-state index in [4.69, 9.17) is 5.73 Å². The van der Waals surface area contributed by atoms with Gasteiger partial charge in [-0.2, -0.15) is 0 Å². The van der Waals surface area contributed by atoms with Crippen molar-refractivity contribution in [1.82, 2.24) is 0 Å². The van der Waals surface area contributed by atoms with Gasteiger partial charge in [-0.05, 0) is 17.0 Å². The van der Waals surface area contributed by atoms with Gasteiger partial charge in [0.1, 0.15) is 0 Å². The van der Waals surface area contributed by atoms with Crippen LogP contribution in [0.3, 0.4) is 0 Å². The van der Waals surface area contributed by atoms with E-state index < -0.39 is 5.60 Å². The van der Waals surface area contributed by atoms with Crippen LogP contribution in [0.1, 0.15) is 24.0 Å².